The van der Waals surface area contributed by atoms with Gasteiger partial charge in [0.15, 0.2) is 0 Å². The van der Waals surface area contributed by atoms with Crippen LogP contribution in [-0.4, -0.2) is 42.7 Å². The van der Waals surface area contributed by atoms with Gasteiger partial charge >= 0.3 is 5.97 Å². The minimum absolute atomic E-state index is 0.0932. The van der Waals surface area contributed by atoms with Crippen LogP contribution in [0.2, 0.25) is 0 Å². The first-order chi connectivity index (χ1) is 9.72. The molecule has 110 valence electrons. The van der Waals surface area contributed by atoms with E-state index < -0.39 is 5.97 Å². The lowest BCUT2D eigenvalue weighted by Crippen LogP contribution is -2.34. The Hall–Kier alpha value is -1.82. The van der Waals surface area contributed by atoms with Gasteiger partial charge in [-0.3, -0.25) is 9.59 Å². The maximum absolute atomic E-state index is 12.1. The van der Waals surface area contributed by atoms with Gasteiger partial charge in [0.2, 0.25) is 0 Å². The third kappa shape index (κ3) is 3.60. The molecule has 1 aliphatic heterocycles. The molecule has 1 saturated heterocycles. The number of esters is 1. The normalized spacial score (nSPS) is 15.8. The van der Waals surface area contributed by atoms with E-state index in [1.165, 1.54) is 0 Å². The molecule has 1 aliphatic rings. The summed E-state index contributed by atoms with van der Waals surface area (Å²) in [5.41, 5.74) is 0.598. The molecule has 6 heteroatoms. The molecule has 0 saturated carbocycles. The Balaban J connectivity index is 1.96. The van der Waals surface area contributed by atoms with E-state index in [2.05, 4.69) is 10.6 Å². The summed E-state index contributed by atoms with van der Waals surface area (Å²) in [6.45, 7) is 3.89. The maximum atomic E-state index is 12.1. The van der Waals surface area contributed by atoms with Crippen molar-refractivity contribution in [2.24, 2.45) is 0 Å². The van der Waals surface area contributed by atoms with E-state index in [4.69, 9.17) is 4.74 Å². The summed E-state index contributed by atoms with van der Waals surface area (Å²) in [5.74, 6) is -0.651. The lowest BCUT2D eigenvalue weighted by Gasteiger charge is -2.25. The number of piperidine rings is 1. The zero-order valence-corrected chi connectivity index (χ0v) is 11.7. The van der Waals surface area contributed by atoms with Crippen LogP contribution in [0.15, 0.2) is 18.3 Å². The Labute approximate surface area is 118 Å². The fourth-order valence-electron chi connectivity index (χ4n) is 2.44. The van der Waals surface area contributed by atoms with Gasteiger partial charge < -0.3 is 19.9 Å². The molecule has 2 rings (SSSR count). The number of rotatable bonds is 5. The molecular formula is C14H21N3O3. The minimum Gasteiger partial charge on any atom is -0.465 e. The first-order valence-corrected chi connectivity index (χ1v) is 7.03. The number of carbonyl (C=O) groups is 2. The number of carbonyl (C=O) groups excluding carboxylic acids is 2. The van der Waals surface area contributed by atoms with Crippen molar-refractivity contribution in [3.8, 4) is 0 Å². The first kappa shape index (κ1) is 14.6. The van der Waals surface area contributed by atoms with Crippen LogP contribution in [-0.2, 0) is 9.53 Å². The monoisotopic (exact) mass is 279 g/mol. The molecule has 6 nitrogen and oxygen atoms in total. The number of ether oxygens (including phenoxy) is 1. The Morgan fingerprint density at radius 3 is 2.90 bits per heavy atom. The summed E-state index contributed by atoms with van der Waals surface area (Å²) in [5, 5.41) is 5.90. The van der Waals surface area contributed by atoms with Gasteiger partial charge in [0.1, 0.15) is 12.2 Å². The number of hydrogen-bond donors (Lipinski definition) is 2. The maximum Gasteiger partial charge on any atom is 0.325 e. The third-order valence-corrected chi connectivity index (χ3v) is 3.41. The average Bonchev–Trinajstić information content (AvgIpc) is 2.95. The predicted molar refractivity (Wildman–Crippen MR) is 74.5 cm³/mol. The van der Waals surface area contributed by atoms with Crippen molar-refractivity contribution < 1.29 is 14.3 Å². The van der Waals surface area contributed by atoms with Crippen molar-refractivity contribution in [1.82, 2.24) is 15.2 Å². The molecule has 20 heavy (non-hydrogen) atoms. The second-order valence-electron chi connectivity index (χ2n) is 4.77. The van der Waals surface area contributed by atoms with E-state index in [1.807, 2.05) is 16.8 Å². The second kappa shape index (κ2) is 7.09. The Bertz CT molecular complexity index is 464. The minimum atomic E-state index is -0.416. The lowest BCUT2D eigenvalue weighted by molar-refractivity contribution is -0.141. The standard InChI is InChI=1S/C14H21N3O3/c1-2-20-13(18)10-16-14(19)12-4-3-9-17(12)11-5-7-15-8-6-11/h3-4,9,11,15H,2,5-8,10H2,1H3,(H,16,19). The van der Waals surface area contributed by atoms with Crippen LogP contribution in [0.4, 0.5) is 0 Å². The highest BCUT2D eigenvalue weighted by molar-refractivity contribution is 5.94. The molecular weight excluding hydrogens is 258 g/mol. The third-order valence-electron chi connectivity index (χ3n) is 3.41. The van der Waals surface area contributed by atoms with Gasteiger partial charge in [-0.15, -0.1) is 0 Å². The van der Waals surface area contributed by atoms with Crippen molar-refractivity contribution in [2.45, 2.75) is 25.8 Å². The van der Waals surface area contributed by atoms with Gasteiger partial charge in [-0.2, -0.15) is 0 Å². The summed E-state index contributed by atoms with van der Waals surface area (Å²) in [4.78, 5) is 23.4. The van der Waals surface area contributed by atoms with E-state index in [9.17, 15) is 9.59 Å². The fraction of sp³-hybridized carbons (Fsp3) is 0.571. The largest absolute Gasteiger partial charge is 0.465 e. The summed E-state index contributed by atoms with van der Waals surface area (Å²) < 4.78 is 6.79. The van der Waals surface area contributed by atoms with Crippen LogP contribution >= 0.6 is 0 Å². The molecule has 0 bridgehead atoms. The summed E-state index contributed by atoms with van der Waals surface area (Å²) in [6.07, 6.45) is 3.94. The van der Waals surface area contributed by atoms with Crippen molar-refractivity contribution in [3.05, 3.63) is 24.0 Å². The van der Waals surface area contributed by atoms with Crippen LogP contribution < -0.4 is 10.6 Å². The number of hydrogen-bond acceptors (Lipinski definition) is 4. The highest BCUT2D eigenvalue weighted by atomic mass is 16.5. The lowest BCUT2D eigenvalue weighted by atomic mass is 10.1. The van der Waals surface area contributed by atoms with Crippen LogP contribution in [0.1, 0.15) is 36.3 Å². The Morgan fingerprint density at radius 2 is 2.20 bits per heavy atom. The fourth-order valence-corrected chi connectivity index (χ4v) is 2.44. The number of aromatic nitrogens is 1. The Kier molecular flexibility index (Phi) is 5.17. The number of amides is 1. The van der Waals surface area contributed by atoms with E-state index in [0.29, 0.717) is 18.3 Å². The van der Waals surface area contributed by atoms with Gasteiger partial charge in [0, 0.05) is 12.2 Å². The molecule has 0 aliphatic carbocycles. The van der Waals surface area contributed by atoms with Crippen LogP contribution in [0.25, 0.3) is 0 Å². The highest BCUT2D eigenvalue weighted by Crippen LogP contribution is 2.21. The highest BCUT2D eigenvalue weighted by Gasteiger charge is 2.20. The zero-order valence-electron chi connectivity index (χ0n) is 11.7. The molecule has 2 heterocycles. The summed E-state index contributed by atoms with van der Waals surface area (Å²) >= 11 is 0. The predicted octanol–water partition coefficient (Wildman–Crippen LogP) is 0.705. The topological polar surface area (TPSA) is 72.4 Å². The van der Waals surface area contributed by atoms with Gasteiger partial charge in [-0.05, 0) is 45.0 Å². The van der Waals surface area contributed by atoms with Gasteiger partial charge in [0.05, 0.1) is 6.61 Å². The molecule has 1 aromatic heterocycles. The van der Waals surface area contributed by atoms with Gasteiger partial charge in [0.25, 0.3) is 5.91 Å². The summed E-state index contributed by atoms with van der Waals surface area (Å²) in [6, 6.07) is 3.98. The van der Waals surface area contributed by atoms with Crippen LogP contribution in [0.5, 0.6) is 0 Å². The van der Waals surface area contributed by atoms with E-state index in [1.54, 1.807) is 13.0 Å². The van der Waals surface area contributed by atoms with Crippen molar-refractivity contribution >= 4 is 11.9 Å². The van der Waals surface area contributed by atoms with E-state index >= 15 is 0 Å². The summed E-state index contributed by atoms with van der Waals surface area (Å²) in [7, 11) is 0. The molecule has 0 atom stereocenters. The second-order valence-corrected chi connectivity index (χ2v) is 4.77. The van der Waals surface area contributed by atoms with Crippen LogP contribution in [0.3, 0.4) is 0 Å². The van der Waals surface area contributed by atoms with E-state index in [0.717, 1.165) is 25.9 Å². The van der Waals surface area contributed by atoms with Crippen molar-refractivity contribution in [1.29, 1.82) is 0 Å². The van der Waals surface area contributed by atoms with Gasteiger partial charge in [-0.1, -0.05) is 0 Å². The zero-order chi connectivity index (χ0) is 14.4. The molecule has 1 amide bonds. The molecule has 1 aromatic rings. The quantitative estimate of drug-likeness (QED) is 0.779. The van der Waals surface area contributed by atoms with Gasteiger partial charge in [-0.25, -0.2) is 0 Å². The number of nitrogens with zero attached hydrogens (tertiary/aromatic N) is 1. The molecule has 2 N–H and O–H groups in total. The molecule has 0 aromatic carbocycles. The van der Waals surface area contributed by atoms with Crippen molar-refractivity contribution in [3.63, 3.8) is 0 Å². The number of nitrogens with one attached hydrogen (secondary N) is 2. The molecule has 0 unspecified atom stereocenters. The SMILES string of the molecule is CCOC(=O)CNC(=O)c1cccn1C1CCNCC1. The van der Waals surface area contributed by atoms with Crippen LogP contribution in [0, 0.1) is 0 Å². The smallest absolute Gasteiger partial charge is 0.325 e. The first-order valence-electron chi connectivity index (χ1n) is 7.03. The molecule has 0 radical (unpaired) electrons. The Morgan fingerprint density at radius 1 is 1.45 bits per heavy atom. The average molecular weight is 279 g/mol. The van der Waals surface area contributed by atoms with Crippen molar-refractivity contribution in [2.75, 3.05) is 26.2 Å². The molecule has 0 spiro atoms. The van der Waals surface area contributed by atoms with E-state index in [-0.39, 0.29) is 12.5 Å². The molecule has 1 fully saturated rings.